The van der Waals surface area contributed by atoms with E-state index in [0.29, 0.717) is 10.2 Å². The van der Waals surface area contributed by atoms with Crippen molar-refractivity contribution in [2.75, 3.05) is 13.2 Å². The van der Waals surface area contributed by atoms with Gasteiger partial charge in [-0.05, 0) is 53.4 Å². The first-order chi connectivity index (χ1) is 8.98. The highest BCUT2D eigenvalue weighted by Gasteiger charge is 2.34. The van der Waals surface area contributed by atoms with Crippen LogP contribution in [0.2, 0.25) is 0 Å². The zero-order valence-corrected chi connectivity index (χ0v) is 11.9. The largest absolute Gasteiger partial charge is 0.483 e. The molecule has 0 bridgehead atoms. The highest BCUT2D eigenvalue weighted by atomic mass is 79.9. The Morgan fingerprint density at radius 2 is 2.26 bits per heavy atom. The van der Waals surface area contributed by atoms with Crippen LogP contribution in [0.25, 0.3) is 0 Å². The highest BCUT2D eigenvalue weighted by molar-refractivity contribution is 9.10. The van der Waals surface area contributed by atoms with Gasteiger partial charge in [0.25, 0.3) is 5.91 Å². The third-order valence-electron chi connectivity index (χ3n) is 3.15. The molecular formula is C13H15BrFNO3. The molecular weight excluding hydrogens is 317 g/mol. The Morgan fingerprint density at radius 3 is 2.84 bits per heavy atom. The fourth-order valence-electron chi connectivity index (χ4n) is 1.81. The summed E-state index contributed by atoms with van der Waals surface area (Å²) in [5.41, 5.74) is -0.744. The quantitative estimate of drug-likeness (QED) is 0.867. The smallest absolute Gasteiger partial charge is 0.258 e. The number of hydrogen-bond acceptors (Lipinski definition) is 3. The van der Waals surface area contributed by atoms with Gasteiger partial charge in [0.15, 0.2) is 6.61 Å². The minimum absolute atomic E-state index is 0.166. The molecule has 19 heavy (non-hydrogen) atoms. The van der Waals surface area contributed by atoms with Crippen LogP contribution in [-0.4, -0.2) is 29.8 Å². The van der Waals surface area contributed by atoms with E-state index in [2.05, 4.69) is 21.2 Å². The second-order valence-corrected chi connectivity index (χ2v) is 5.57. The normalized spacial score (nSPS) is 16.6. The average molecular weight is 332 g/mol. The van der Waals surface area contributed by atoms with Gasteiger partial charge in [0.2, 0.25) is 0 Å². The summed E-state index contributed by atoms with van der Waals surface area (Å²) >= 11 is 3.15. The summed E-state index contributed by atoms with van der Waals surface area (Å²) in [6, 6.07) is 3.98. The number of nitrogens with one attached hydrogen (secondary N) is 1. The summed E-state index contributed by atoms with van der Waals surface area (Å²) in [6.07, 6.45) is 2.43. The van der Waals surface area contributed by atoms with Crippen molar-refractivity contribution in [1.82, 2.24) is 5.32 Å². The van der Waals surface area contributed by atoms with Crippen molar-refractivity contribution in [3.63, 3.8) is 0 Å². The maximum atomic E-state index is 12.9. The second kappa shape index (κ2) is 5.88. The number of carbonyl (C=O) groups excluding carboxylic acids is 1. The molecule has 0 unspecified atom stereocenters. The molecule has 1 aromatic carbocycles. The molecule has 0 saturated heterocycles. The first kappa shape index (κ1) is 14.3. The molecule has 0 aromatic heterocycles. The predicted octanol–water partition coefficient (Wildman–Crippen LogP) is 2.00. The Balaban J connectivity index is 1.76. The Kier molecular flexibility index (Phi) is 4.42. The van der Waals surface area contributed by atoms with E-state index in [1.165, 1.54) is 18.2 Å². The van der Waals surface area contributed by atoms with Crippen molar-refractivity contribution in [3.8, 4) is 5.75 Å². The molecule has 6 heteroatoms. The number of aliphatic hydroxyl groups is 1. The van der Waals surface area contributed by atoms with Crippen LogP contribution in [0.5, 0.6) is 5.75 Å². The average Bonchev–Trinajstić information content (AvgIpc) is 2.33. The van der Waals surface area contributed by atoms with Gasteiger partial charge in [0.05, 0.1) is 10.1 Å². The van der Waals surface area contributed by atoms with Crippen LogP contribution in [0.1, 0.15) is 19.3 Å². The van der Waals surface area contributed by atoms with Gasteiger partial charge in [-0.2, -0.15) is 0 Å². The maximum Gasteiger partial charge on any atom is 0.258 e. The lowest BCUT2D eigenvalue weighted by Gasteiger charge is -2.36. The molecule has 1 saturated carbocycles. The molecule has 1 fully saturated rings. The Morgan fingerprint density at radius 1 is 1.53 bits per heavy atom. The lowest BCUT2D eigenvalue weighted by molar-refractivity contribution is -0.125. The number of rotatable bonds is 5. The maximum absolute atomic E-state index is 12.9. The Hall–Kier alpha value is -1.14. The molecule has 104 valence electrons. The van der Waals surface area contributed by atoms with Gasteiger partial charge in [-0.25, -0.2) is 4.39 Å². The molecule has 1 amide bonds. The van der Waals surface area contributed by atoms with E-state index in [4.69, 9.17) is 4.74 Å². The summed E-state index contributed by atoms with van der Waals surface area (Å²) in [5.74, 6) is -0.286. The summed E-state index contributed by atoms with van der Waals surface area (Å²) in [5, 5.41) is 12.4. The fraction of sp³-hybridized carbons (Fsp3) is 0.462. The molecule has 0 heterocycles. The summed E-state index contributed by atoms with van der Waals surface area (Å²) in [4.78, 5) is 11.5. The molecule has 1 aromatic rings. The molecule has 0 atom stereocenters. The lowest BCUT2D eigenvalue weighted by Crippen LogP contribution is -2.48. The van der Waals surface area contributed by atoms with Crippen molar-refractivity contribution in [2.45, 2.75) is 24.9 Å². The lowest BCUT2D eigenvalue weighted by atomic mass is 9.80. The van der Waals surface area contributed by atoms with Crippen LogP contribution in [0, 0.1) is 5.82 Å². The second-order valence-electron chi connectivity index (χ2n) is 4.72. The topological polar surface area (TPSA) is 58.6 Å². The van der Waals surface area contributed by atoms with Crippen LogP contribution in [0.3, 0.4) is 0 Å². The first-order valence-corrected chi connectivity index (χ1v) is 6.85. The molecule has 2 rings (SSSR count). The number of hydrogen-bond donors (Lipinski definition) is 2. The number of carbonyl (C=O) groups is 1. The van der Waals surface area contributed by atoms with Crippen LogP contribution in [-0.2, 0) is 4.79 Å². The molecule has 0 spiro atoms. The van der Waals surface area contributed by atoms with Crippen molar-refractivity contribution in [1.29, 1.82) is 0 Å². The van der Waals surface area contributed by atoms with Crippen LogP contribution >= 0.6 is 15.9 Å². The molecule has 1 aliphatic carbocycles. The Bertz CT molecular complexity index is 477. The summed E-state index contributed by atoms with van der Waals surface area (Å²) < 4.78 is 18.6. The van der Waals surface area contributed by atoms with E-state index in [9.17, 15) is 14.3 Å². The van der Waals surface area contributed by atoms with E-state index in [1.54, 1.807) is 0 Å². The SMILES string of the molecule is O=C(COc1ccc(F)cc1Br)NCC1(O)CCC1. The molecule has 4 nitrogen and oxygen atoms in total. The molecule has 0 radical (unpaired) electrons. The van der Waals surface area contributed by atoms with E-state index in [-0.39, 0.29) is 24.9 Å². The first-order valence-electron chi connectivity index (χ1n) is 6.05. The van der Waals surface area contributed by atoms with Crippen molar-refractivity contribution in [3.05, 3.63) is 28.5 Å². The van der Waals surface area contributed by atoms with Gasteiger partial charge in [-0.1, -0.05) is 0 Å². The van der Waals surface area contributed by atoms with Crippen molar-refractivity contribution in [2.24, 2.45) is 0 Å². The minimum atomic E-state index is -0.744. The number of amides is 1. The number of ether oxygens (including phenoxy) is 1. The summed E-state index contributed by atoms with van der Waals surface area (Å²) in [6.45, 7) is 0.0834. The Labute approximate surface area is 119 Å². The van der Waals surface area contributed by atoms with E-state index in [0.717, 1.165) is 19.3 Å². The third-order valence-corrected chi connectivity index (χ3v) is 3.77. The van der Waals surface area contributed by atoms with Gasteiger partial charge >= 0.3 is 0 Å². The van der Waals surface area contributed by atoms with E-state index < -0.39 is 5.60 Å². The van der Waals surface area contributed by atoms with Gasteiger partial charge < -0.3 is 15.2 Å². The molecule has 2 N–H and O–H groups in total. The standard InChI is InChI=1S/C13H15BrFNO3/c14-10-6-9(15)2-3-11(10)19-7-12(17)16-8-13(18)4-1-5-13/h2-3,6,18H,1,4-5,7-8H2,(H,16,17). The zero-order chi connectivity index (χ0) is 13.9. The van der Waals surface area contributed by atoms with Crippen molar-refractivity contribution < 1.29 is 19.0 Å². The van der Waals surface area contributed by atoms with Gasteiger partial charge in [0, 0.05) is 6.54 Å². The number of halogens is 2. The number of benzene rings is 1. The van der Waals surface area contributed by atoms with Gasteiger partial charge in [-0.15, -0.1) is 0 Å². The van der Waals surface area contributed by atoms with E-state index >= 15 is 0 Å². The predicted molar refractivity (Wildman–Crippen MR) is 71.4 cm³/mol. The van der Waals surface area contributed by atoms with Crippen LogP contribution in [0.15, 0.2) is 22.7 Å². The van der Waals surface area contributed by atoms with Crippen LogP contribution in [0.4, 0.5) is 4.39 Å². The van der Waals surface area contributed by atoms with Crippen LogP contribution < -0.4 is 10.1 Å². The van der Waals surface area contributed by atoms with Crippen molar-refractivity contribution >= 4 is 21.8 Å². The molecule has 1 aliphatic rings. The minimum Gasteiger partial charge on any atom is -0.483 e. The highest BCUT2D eigenvalue weighted by Crippen LogP contribution is 2.30. The molecule has 0 aliphatic heterocycles. The summed E-state index contributed by atoms with van der Waals surface area (Å²) in [7, 11) is 0. The zero-order valence-electron chi connectivity index (χ0n) is 10.3. The third kappa shape index (κ3) is 3.91. The van der Waals surface area contributed by atoms with Gasteiger partial charge in [-0.3, -0.25) is 4.79 Å². The van der Waals surface area contributed by atoms with Gasteiger partial charge in [0.1, 0.15) is 11.6 Å². The monoisotopic (exact) mass is 331 g/mol. The fourth-order valence-corrected chi connectivity index (χ4v) is 2.28. The van der Waals surface area contributed by atoms with E-state index in [1.807, 2.05) is 0 Å².